The third-order valence-corrected chi connectivity index (χ3v) is 1.53. The molecule has 1 aliphatic rings. The van der Waals surface area contributed by atoms with Crippen LogP contribution in [0.2, 0.25) is 0 Å². The van der Waals surface area contributed by atoms with E-state index in [4.69, 9.17) is 15.2 Å². The third kappa shape index (κ3) is 1.93. The first-order valence-electron chi connectivity index (χ1n) is 3.19. The average Bonchev–Trinajstić information content (AvgIpc) is 1.88. The molecule has 0 spiro atoms. The summed E-state index contributed by atoms with van der Waals surface area (Å²) < 4.78 is 10.2. The second-order valence-electron chi connectivity index (χ2n) is 2.39. The second kappa shape index (κ2) is 3.15. The largest absolute Gasteiger partial charge is 0.379 e. The zero-order valence-corrected chi connectivity index (χ0v) is 5.67. The Morgan fingerprint density at radius 2 is 2.33 bits per heavy atom. The first kappa shape index (κ1) is 6.99. The molecule has 0 saturated carbocycles. The van der Waals surface area contributed by atoms with Crippen LogP contribution in [0.3, 0.4) is 0 Å². The number of hydrogen-bond acceptors (Lipinski definition) is 3. The summed E-state index contributed by atoms with van der Waals surface area (Å²) in [5.74, 6) is 0. The highest BCUT2D eigenvalue weighted by Crippen LogP contribution is 2.07. The Bertz CT molecular complexity index is 87.1. The molecule has 3 heteroatoms. The fraction of sp³-hybridized carbons (Fsp3) is 1.00. The molecule has 0 aliphatic carbocycles. The quantitative estimate of drug-likeness (QED) is 0.533. The van der Waals surface area contributed by atoms with E-state index in [1.165, 1.54) is 0 Å². The van der Waals surface area contributed by atoms with Crippen LogP contribution in [0.15, 0.2) is 0 Å². The minimum Gasteiger partial charge on any atom is -0.379 e. The van der Waals surface area contributed by atoms with Gasteiger partial charge in [0, 0.05) is 13.2 Å². The molecule has 1 rings (SSSR count). The summed E-state index contributed by atoms with van der Waals surface area (Å²) in [6.45, 7) is 1.38. The van der Waals surface area contributed by atoms with Gasteiger partial charge in [-0.25, -0.2) is 0 Å². The van der Waals surface area contributed by atoms with Gasteiger partial charge in [-0.2, -0.15) is 0 Å². The molecule has 1 saturated heterocycles. The van der Waals surface area contributed by atoms with E-state index in [1.54, 1.807) is 7.11 Å². The van der Waals surface area contributed by atoms with Gasteiger partial charge in [0.25, 0.3) is 0 Å². The maximum absolute atomic E-state index is 5.60. The summed E-state index contributed by atoms with van der Waals surface area (Å²) in [6.07, 6.45) is 1.14. The predicted octanol–water partition coefficient (Wildman–Crippen LogP) is -0.251. The van der Waals surface area contributed by atoms with Crippen LogP contribution in [0.5, 0.6) is 0 Å². The molecule has 0 bridgehead atoms. The van der Waals surface area contributed by atoms with Gasteiger partial charge in [0.05, 0.1) is 19.3 Å². The highest BCUT2D eigenvalue weighted by atomic mass is 16.5. The summed E-state index contributed by atoms with van der Waals surface area (Å²) in [7, 11) is 1.69. The van der Waals surface area contributed by atoms with Crippen molar-refractivity contribution < 1.29 is 9.47 Å². The van der Waals surface area contributed by atoms with Gasteiger partial charge < -0.3 is 15.2 Å². The van der Waals surface area contributed by atoms with Gasteiger partial charge in [0.1, 0.15) is 0 Å². The van der Waals surface area contributed by atoms with Gasteiger partial charge in [-0.3, -0.25) is 0 Å². The first-order valence-corrected chi connectivity index (χ1v) is 3.19. The van der Waals surface area contributed by atoms with Crippen molar-refractivity contribution in [1.82, 2.24) is 0 Å². The van der Waals surface area contributed by atoms with Gasteiger partial charge in [0.15, 0.2) is 0 Å². The van der Waals surface area contributed by atoms with Gasteiger partial charge >= 0.3 is 0 Å². The van der Waals surface area contributed by atoms with Crippen LogP contribution in [0, 0.1) is 0 Å². The molecule has 0 unspecified atom stereocenters. The minimum absolute atomic E-state index is 0.170. The van der Waals surface area contributed by atoms with Crippen molar-refractivity contribution >= 4 is 0 Å². The lowest BCUT2D eigenvalue weighted by atomic mass is 10.1. The number of hydrogen-bond donors (Lipinski definition) is 1. The molecule has 0 aromatic heterocycles. The lowest BCUT2D eigenvalue weighted by Crippen LogP contribution is -2.39. The van der Waals surface area contributed by atoms with Gasteiger partial charge in [-0.15, -0.1) is 0 Å². The van der Waals surface area contributed by atoms with Crippen LogP contribution in [-0.2, 0) is 9.47 Å². The molecule has 2 N–H and O–H groups in total. The van der Waals surface area contributed by atoms with E-state index >= 15 is 0 Å². The summed E-state index contributed by atoms with van der Waals surface area (Å²) in [5.41, 5.74) is 5.60. The number of nitrogens with two attached hydrogens (primary N) is 1. The molecule has 0 amide bonds. The number of ether oxygens (including phenoxy) is 2. The smallest absolute Gasteiger partial charge is 0.0820 e. The number of methoxy groups -OCH3 is 1. The maximum atomic E-state index is 5.60. The SMILES string of the molecule is CO[C@@H]1COC[C@@H](N)C1. The van der Waals surface area contributed by atoms with Crippen LogP contribution in [0.4, 0.5) is 0 Å². The molecule has 0 aromatic rings. The van der Waals surface area contributed by atoms with Crippen molar-refractivity contribution in [2.24, 2.45) is 5.73 Å². The van der Waals surface area contributed by atoms with Gasteiger partial charge in [-0.1, -0.05) is 0 Å². The Morgan fingerprint density at radius 3 is 2.78 bits per heavy atom. The lowest BCUT2D eigenvalue weighted by molar-refractivity contribution is -0.0377. The highest BCUT2D eigenvalue weighted by molar-refractivity contribution is 4.72. The zero-order valence-electron chi connectivity index (χ0n) is 5.67. The Balaban J connectivity index is 2.23. The molecule has 2 atom stereocenters. The Hall–Kier alpha value is -0.120. The van der Waals surface area contributed by atoms with E-state index in [2.05, 4.69) is 0 Å². The molecule has 9 heavy (non-hydrogen) atoms. The first-order chi connectivity index (χ1) is 4.33. The average molecular weight is 131 g/mol. The molecular formula is C6H13NO2. The monoisotopic (exact) mass is 131 g/mol. The molecule has 54 valence electrons. The van der Waals surface area contributed by atoms with Crippen molar-refractivity contribution in [3.05, 3.63) is 0 Å². The van der Waals surface area contributed by atoms with Crippen molar-refractivity contribution in [2.45, 2.75) is 18.6 Å². The molecular weight excluding hydrogens is 118 g/mol. The Morgan fingerprint density at radius 1 is 1.56 bits per heavy atom. The van der Waals surface area contributed by atoms with Crippen molar-refractivity contribution in [2.75, 3.05) is 20.3 Å². The van der Waals surface area contributed by atoms with E-state index in [-0.39, 0.29) is 12.1 Å². The topological polar surface area (TPSA) is 44.5 Å². The molecule has 3 nitrogen and oxygen atoms in total. The summed E-state index contributed by atoms with van der Waals surface area (Å²) in [5, 5.41) is 0. The highest BCUT2D eigenvalue weighted by Gasteiger charge is 2.18. The molecule has 1 heterocycles. The van der Waals surface area contributed by atoms with E-state index in [1.807, 2.05) is 0 Å². The van der Waals surface area contributed by atoms with Gasteiger partial charge in [-0.05, 0) is 6.42 Å². The zero-order chi connectivity index (χ0) is 6.69. The second-order valence-corrected chi connectivity index (χ2v) is 2.39. The fourth-order valence-corrected chi connectivity index (χ4v) is 0.989. The van der Waals surface area contributed by atoms with E-state index < -0.39 is 0 Å². The van der Waals surface area contributed by atoms with E-state index in [0.717, 1.165) is 6.42 Å². The van der Waals surface area contributed by atoms with E-state index in [0.29, 0.717) is 13.2 Å². The standard InChI is InChI=1S/C6H13NO2/c1-8-6-2-5(7)3-9-4-6/h5-6H,2-4,7H2,1H3/t5-,6-/m0/s1. The molecule has 1 fully saturated rings. The van der Waals surface area contributed by atoms with Crippen molar-refractivity contribution in [1.29, 1.82) is 0 Å². The van der Waals surface area contributed by atoms with Crippen LogP contribution in [0.1, 0.15) is 6.42 Å². The van der Waals surface area contributed by atoms with Crippen LogP contribution >= 0.6 is 0 Å². The van der Waals surface area contributed by atoms with Crippen molar-refractivity contribution in [3.8, 4) is 0 Å². The third-order valence-electron chi connectivity index (χ3n) is 1.53. The predicted molar refractivity (Wildman–Crippen MR) is 34.2 cm³/mol. The summed E-state index contributed by atoms with van der Waals surface area (Å²) >= 11 is 0. The normalized spacial score (nSPS) is 36.7. The number of rotatable bonds is 1. The van der Waals surface area contributed by atoms with Crippen molar-refractivity contribution in [3.63, 3.8) is 0 Å². The fourth-order valence-electron chi connectivity index (χ4n) is 0.989. The van der Waals surface area contributed by atoms with Gasteiger partial charge in [0.2, 0.25) is 0 Å². The van der Waals surface area contributed by atoms with Crippen LogP contribution in [-0.4, -0.2) is 32.5 Å². The minimum atomic E-state index is 0.170. The van der Waals surface area contributed by atoms with Crippen LogP contribution < -0.4 is 5.73 Å². The van der Waals surface area contributed by atoms with E-state index in [9.17, 15) is 0 Å². The molecule has 0 aromatic carbocycles. The Labute approximate surface area is 55.1 Å². The van der Waals surface area contributed by atoms with Crippen LogP contribution in [0.25, 0.3) is 0 Å². The molecule has 1 aliphatic heterocycles. The summed E-state index contributed by atoms with van der Waals surface area (Å²) in [6, 6.07) is 0.170. The summed E-state index contributed by atoms with van der Waals surface area (Å²) in [4.78, 5) is 0. The molecule has 0 radical (unpaired) electrons. The maximum Gasteiger partial charge on any atom is 0.0820 e. The lowest BCUT2D eigenvalue weighted by Gasteiger charge is -2.25. The Kier molecular flexibility index (Phi) is 2.45.